The molecule has 0 unspecified atom stereocenters. The smallest absolute Gasteiger partial charge is 0.220 e. The Morgan fingerprint density at radius 3 is 2.68 bits per heavy atom. The number of halogens is 2. The molecule has 1 fully saturated rings. The molecule has 0 radical (unpaired) electrons. The van der Waals surface area contributed by atoms with E-state index in [0.29, 0.717) is 34.7 Å². The number of amides is 1. The molecule has 1 aliphatic rings. The number of hydrogen-bond donors (Lipinski definition) is 3. The Kier molecular flexibility index (Phi) is 4.77. The summed E-state index contributed by atoms with van der Waals surface area (Å²) in [4.78, 5) is 11.5. The minimum absolute atomic E-state index is 0.117. The van der Waals surface area contributed by atoms with E-state index in [2.05, 4.69) is 10.6 Å². The highest BCUT2D eigenvalue weighted by molar-refractivity contribution is 6.42. The Labute approximate surface area is 122 Å². The summed E-state index contributed by atoms with van der Waals surface area (Å²) >= 11 is 11.8. The van der Waals surface area contributed by atoms with Crippen molar-refractivity contribution in [2.75, 3.05) is 17.6 Å². The third-order valence-electron chi connectivity index (χ3n) is 2.93. The van der Waals surface area contributed by atoms with Crippen LogP contribution in [0.2, 0.25) is 10.0 Å². The lowest BCUT2D eigenvalue weighted by Crippen LogP contribution is -2.25. The summed E-state index contributed by atoms with van der Waals surface area (Å²) in [5.74, 6) is 0.117. The summed E-state index contributed by atoms with van der Waals surface area (Å²) in [6.45, 7) is 0.667. The summed E-state index contributed by atoms with van der Waals surface area (Å²) in [6.07, 6.45) is 3.50. The lowest BCUT2D eigenvalue weighted by Gasteiger charge is -2.10. The lowest BCUT2D eigenvalue weighted by molar-refractivity contribution is -0.121. The first-order valence-corrected chi connectivity index (χ1v) is 7.09. The van der Waals surface area contributed by atoms with Crippen LogP contribution in [0, 0.1) is 0 Å². The SMILES string of the molecule is Nc1cc(Cl)c(Cl)cc1NCCCC(=O)NC1CC1. The van der Waals surface area contributed by atoms with Crippen LogP contribution in [0.1, 0.15) is 25.7 Å². The summed E-state index contributed by atoms with van der Waals surface area (Å²) in [5, 5.41) is 7.01. The van der Waals surface area contributed by atoms with Gasteiger partial charge >= 0.3 is 0 Å². The van der Waals surface area contributed by atoms with Gasteiger partial charge in [-0.25, -0.2) is 0 Å². The fourth-order valence-electron chi connectivity index (χ4n) is 1.71. The van der Waals surface area contributed by atoms with Gasteiger partial charge in [0.15, 0.2) is 0 Å². The molecule has 104 valence electrons. The fraction of sp³-hybridized carbons (Fsp3) is 0.462. The van der Waals surface area contributed by atoms with Gasteiger partial charge in [0.1, 0.15) is 0 Å². The maximum atomic E-state index is 11.5. The standard InChI is InChI=1S/C13H17Cl2N3O/c14-9-6-11(16)12(7-10(9)15)17-5-1-2-13(19)18-8-3-4-8/h6-8,17H,1-5,16H2,(H,18,19). The average Bonchev–Trinajstić information content (AvgIpc) is 3.14. The van der Waals surface area contributed by atoms with Crippen molar-refractivity contribution in [3.8, 4) is 0 Å². The number of rotatable bonds is 6. The number of nitrogen functional groups attached to an aromatic ring is 1. The zero-order chi connectivity index (χ0) is 13.8. The number of hydrogen-bond acceptors (Lipinski definition) is 3. The van der Waals surface area contributed by atoms with E-state index >= 15 is 0 Å². The second-order valence-corrected chi connectivity index (χ2v) is 5.54. The molecule has 0 atom stereocenters. The van der Waals surface area contributed by atoms with Gasteiger partial charge in [-0.2, -0.15) is 0 Å². The van der Waals surface area contributed by atoms with Gasteiger partial charge in [0.2, 0.25) is 5.91 Å². The molecule has 1 aromatic carbocycles. The summed E-state index contributed by atoms with van der Waals surface area (Å²) in [5.41, 5.74) is 7.12. The predicted molar refractivity (Wildman–Crippen MR) is 79.8 cm³/mol. The molecule has 1 amide bonds. The van der Waals surface area contributed by atoms with E-state index < -0.39 is 0 Å². The van der Waals surface area contributed by atoms with Crippen molar-refractivity contribution in [1.82, 2.24) is 5.32 Å². The van der Waals surface area contributed by atoms with Gasteiger partial charge in [0.25, 0.3) is 0 Å². The Balaban J connectivity index is 1.72. The van der Waals surface area contributed by atoms with E-state index in [4.69, 9.17) is 28.9 Å². The van der Waals surface area contributed by atoms with Gasteiger partial charge in [-0.3, -0.25) is 4.79 Å². The molecule has 4 N–H and O–H groups in total. The zero-order valence-corrected chi connectivity index (χ0v) is 12.0. The van der Waals surface area contributed by atoms with Crippen LogP contribution >= 0.6 is 23.2 Å². The monoisotopic (exact) mass is 301 g/mol. The highest BCUT2D eigenvalue weighted by atomic mass is 35.5. The molecule has 0 saturated heterocycles. The van der Waals surface area contributed by atoms with E-state index in [1.807, 2.05) is 0 Å². The van der Waals surface area contributed by atoms with Gasteiger partial charge in [0.05, 0.1) is 21.4 Å². The first kappa shape index (κ1) is 14.3. The van der Waals surface area contributed by atoms with E-state index in [-0.39, 0.29) is 5.91 Å². The number of carbonyl (C=O) groups excluding carboxylic acids is 1. The minimum atomic E-state index is 0.117. The molecular weight excluding hydrogens is 285 g/mol. The second-order valence-electron chi connectivity index (χ2n) is 4.73. The highest BCUT2D eigenvalue weighted by Gasteiger charge is 2.22. The van der Waals surface area contributed by atoms with E-state index in [1.54, 1.807) is 12.1 Å². The largest absolute Gasteiger partial charge is 0.397 e. The van der Waals surface area contributed by atoms with E-state index in [1.165, 1.54) is 0 Å². The lowest BCUT2D eigenvalue weighted by atomic mass is 10.2. The third-order valence-corrected chi connectivity index (χ3v) is 3.65. The summed E-state index contributed by atoms with van der Waals surface area (Å²) in [6, 6.07) is 3.74. The number of nitrogens with two attached hydrogens (primary N) is 1. The number of nitrogens with one attached hydrogen (secondary N) is 2. The van der Waals surface area contributed by atoms with Crippen LogP contribution in [0.15, 0.2) is 12.1 Å². The van der Waals surface area contributed by atoms with Crippen molar-refractivity contribution >= 4 is 40.5 Å². The fourth-order valence-corrected chi connectivity index (χ4v) is 2.05. The molecule has 0 aliphatic heterocycles. The first-order valence-electron chi connectivity index (χ1n) is 6.34. The molecule has 0 bridgehead atoms. The van der Waals surface area contributed by atoms with Crippen LogP contribution in [-0.2, 0) is 4.79 Å². The van der Waals surface area contributed by atoms with Crippen LogP contribution < -0.4 is 16.4 Å². The number of benzene rings is 1. The molecule has 1 saturated carbocycles. The molecule has 19 heavy (non-hydrogen) atoms. The highest BCUT2D eigenvalue weighted by Crippen LogP contribution is 2.30. The van der Waals surface area contributed by atoms with Crippen LogP contribution in [0.4, 0.5) is 11.4 Å². The van der Waals surface area contributed by atoms with Gasteiger partial charge in [-0.1, -0.05) is 23.2 Å². The summed E-state index contributed by atoms with van der Waals surface area (Å²) < 4.78 is 0. The van der Waals surface area contributed by atoms with Gasteiger partial charge in [-0.15, -0.1) is 0 Å². The van der Waals surface area contributed by atoms with Crippen molar-refractivity contribution in [2.45, 2.75) is 31.7 Å². The quantitative estimate of drug-likeness (QED) is 0.559. The van der Waals surface area contributed by atoms with Crippen molar-refractivity contribution in [3.05, 3.63) is 22.2 Å². The zero-order valence-electron chi connectivity index (χ0n) is 10.5. The molecule has 1 aliphatic carbocycles. The van der Waals surface area contributed by atoms with Gasteiger partial charge in [-0.05, 0) is 31.4 Å². The molecule has 6 heteroatoms. The molecule has 0 heterocycles. The Hall–Kier alpha value is -1.13. The number of anilines is 2. The Morgan fingerprint density at radius 2 is 2.00 bits per heavy atom. The molecule has 1 aromatic rings. The maximum absolute atomic E-state index is 11.5. The molecular formula is C13H17Cl2N3O. The van der Waals surface area contributed by atoms with Crippen LogP contribution in [0.5, 0.6) is 0 Å². The molecule has 0 aromatic heterocycles. The first-order chi connectivity index (χ1) is 9.06. The molecule has 0 spiro atoms. The van der Waals surface area contributed by atoms with Crippen molar-refractivity contribution in [2.24, 2.45) is 0 Å². The van der Waals surface area contributed by atoms with E-state index in [0.717, 1.165) is 24.9 Å². The molecule has 4 nitrogen and oxygen atoms in total. The van der Waals surface area contributed by atoms with Crippen molar-refractivity contribution < 1.29 is 4.79 Å². The number of carbonyl (C=O) groups is 1. The predicted octanol–water partition coefficient (Wildman–Crippen LogP) is 3.05. The Morgan fingerprint density at radius 1 is 1.32 bits per heavy atom. The minimum Gasteiger partial charge on any atom is -0.397 e. The van der Waals surface area contributed by atoms with Crippen molar-refractivity contribution in [1.29, 1.82) is 0 Å². The molecule has 2 rings (SSSR count). The van der Waals surface area contributed by atoms with Gasteiger partial charge in [0, 0.05) is 19.0 Å². The normalized spacial score (nSPS) is 14.2. The Bertz CT molecular complexity index is 475. The van der Waals surface area contributed by atoms with Crippen molar-refractivity contribution in [3.63, 3.8) is 0 Å². The maximum Gasteiger partial charge on any atom is 0.220 e. The van der Waals surface area contributed by atoms with E-state index in [9.17, 15) is 4.79 Å². The van der Waals surface area contributed by atoms with Gasteiger partial charge < -0.3 is 16.4 Å². The van der Waals surface area contributed by atoms with Crippen LogP contribution in [0.3, 0.4) is 0 Å². The van der Waals surface area contributed by atoms with Crippen LogP contribution in [-0.4, -0.2) is 18.5 Å². The third kappa shape index (κ3) is 4.48. The topological polar surface area (TPSA) is 67.1 Å². The summed E-state index contributed by atoms with van der Waals surface area (Å²) in [7, 11) is 0. The van der Waals surface area contributed by atoms with Crippen LogP contribution in [0.25, 0.3) is 0 Å². The average molecular weight is 302 g/mol. The second kappa shape index (κ2) is 6.35.